The molecule has 0 aromatic heterocycles. The summed E-state index contributed by atoms with van der Waals surface area (Å²) in [5, 5.41) is 13.8. The molecule has 92 valence electrons. The minimum absolute atomic E-state index is 0.223. The molecule has 0 saturated heterocycles. The zero-order valence-corrected chi connectivity index (χ0v) is 10.8. The molecule has 0 bridgehead atoms. The average Bonchev–Trinajstić information content (AvgIpc) is 2.95. The van der Waals surface area contributed by atoms with Crippen LogP contribution in [0.4, 0.5) is 15.8 Å². The summed E-state index contributed by atoms with van der Waals surface area (Å²) in [5.74, 6) is 0.617. The van der Waals surface area contributed by atoms with E-state index in [1.165, 1.54) is 6.07 Å². The topological polar surface area (TPSA) is 55.2 Å². The number of halogens is 2. The van der Waals surface area contributed by atoms with E-state index in [0.29, 0.717) is 24.1 Å². The molecule has 1 fully saturated rings. The Bertz CT molecular complexity index is 467. The van der Waals surface area contributed by atoms with Crippen LogP contribution in [-0.2, 0) is 0 Å². The highest BCUT2D eigenvalue weighted by Crippen LogP contribution is 2.38. The molecule has 0 aliphatic heterocycles. The van der Waals surface area contributed by atoms with Crippen LogP contribution in [0.15, 0.2) is 16.6 Å². The van der Waals surface area contributed by atoms with Crippen molar-refractivity contribution in [2.45, 2.75) is 13.3 Å². The Morgan fingerprint density at radius 1 is 1.65 bits per heavy atom. The van der Waals surface area contributed by atoms with Crippen LogP contribution in [0, 0.1) is 27.8 Å². The van der Waals surface area contributed by atoms with Crippen LogP contribution in [-0.4, -0.2) is 11.5 Å². The number of nitro groups is 1. The molecule has 1 aromatic rings. The van der Waals surface area contributed by atoms with Gasteiger partial charge in [-0.2, -0.15) is 0 Å². The van der Waals surface area contributed by atoms with Crippen molar-refractivity contribution >= 4 is 27.3 Å². The predicted molar refractivity (Wildman–Crippen MR) is 66.5 cm³/mol. The molecule has 1 aliphatic rings. The number of rotatable bonds is 4. The third kappa shape index (κ3) is 2.74. The van der Waals surface area contributed by atoms with Crippen molar-refractivity contribution in [1.82, 2.24) is 0 Å². The van der Waals surface area contributed by atoms with E-state index in [1.807, 2.05) is 0 Å². The number of hydrogen-bond acceptors (Lipinski definition) is 3. The number of hydrogen-bond donors (Lipinski definition) is 1. The molecule has 1 N–H and O–H groups in total. The fourth-order valence-corrected chi connectivity index (χ4v) is 2.10. The molecular weight excluding hydrogens is 291 g/mol. The maximum Gasteiger partial charge on any atom is 0.295 e. The van der Waals surface area contributed by atoms with Gasteiger partial charge in [0.1, 0.15) is 11.5 Å². The summed E-state index contributed by atoms with van der Waals surface area (Å²) >= 11 is 3.03. The van der Waals surface area contributed by atoms with Crippen LogP contribution in [0.5, 0.6) is 0 Å². The molecule has 1 saturated carbocycles. The molecule has 0 radical (unpaired) electrons. The summed E-state index contributed by atoms with van der Waals surface area (Å²) < 4.78 is 13.4. The molecule has 2 atom stereocenters. The first-order chi connectivity index (χ1) is 7.99. The number of nitro benzene ring substituents is 1. The molecule has 17 heavy (non-hydrogen) atoms. The third-order valence-electron chi connectivity index (χ3n) is 3.07. The zero-order chi connectivity index (χ0) is 12.6. The van der Waals surface area contributed by atoms with Gasteiger partial charge in [-0.05, 0) is 40.3 Å². The Morgan fingerprint density at radius 3 is 2.82 bits per heavy atom. The Kier molecular flexibility index (Phi) is 3.33. The van der Waals surface area contributed by atoms with Crippen LogP contribution in [0.25, 0.3) is 0 Å². The van der Waals surface area contributed by atoms with Gasteiger partial charge in [-0.1, -0.05) is 6.92 Å². The number of nitrogens with zero attached hydrogens (tertiary/aromatic N) is 1. The van der Waals surface area contributed by atoms with Gasteiger partial charge in [-0.3, -0.25) is 10.1 Å². The lowest BCUT2D eigenvalue weighted by molar-refractivity contribution is -0.384. The van der Waals surface area contributed by atoms with Crippen LogP contribution < -0.4 is 5.32 Å². The largest absolute Gasteiger partial charge is 0.379 e. The first kappa shape index (κ1) is 12.3. The highest BCUT2D eigenvalue weighted by molar-refractivity contribution is 9.10. The molecule has 2 unspecified atom stereocenters. The minimum atomic E-state index is -0.623. The second-order valence-electron chi connectivity index (χ2n) is 4.39. The van der Waals surface area contributed by atoms with Crippen molar-refractivity contribution in [3.8, 4) is 0 Å². The molecular formula is C11H12BrFN2O2. The van der Waals surface area contributed by atoms with Crippen LogP contribution >= 0.6 is 15.9 Å². The second-order valence-corrected chi connectivity index (χ2v) is 5.25. The van der Waals surface area contributed by atoms with E-state index in [2.05, 4.69) is 28.2 Å². The van der Waals surface area contributed by atoms with Crippen LogP contribution in [0.3, 0.4) is 0 Å². The predicted octanol–water partition coefficient (Wildman–Crippen LogP) is 3.56. The van der Waals surface area contributed by atoms with Gasteiger partial charge < -0.3 is 5.32 Å². The lowest BCUT2D eigenvalue weighted by Gasteiger charge is -2.07. The summed E-state index contributed by atoms with van der Waals surface area (Å²) in [5.41, 5.74) is 0.140. The first-order valence-corrected chi connectivity index (χ1v) is 6.15. The lowest BCUT2D eigenvalue weighted by Crippen LogP contribution is -2.07. The zero-order valence-electron chi connectivity index (χ0n) is 9.24. The SMILES string of the molecule is CC1CC1CNc1cc(Br)c(F)cc1[N+](=O)[O-]. The summed E-state index contributed by atoms with van der Waals surface area (Å²) in [6, 6.07) is 2.35. The van der Waals surface area contributed by atoms with E-state index in [0.717, 1.165) is 12.5 Å². The van der Waals surface area contributed by atoms with Crippen molar-refractivity contribution in [3.05, 3.63) is 32.5 Å². The van der Waals surface area contributed by atoms with Gasteiger partial charge in [-0.25, -0.2) is 4.39 Å². The highest BCUT2D eigenvalue weighted by Gasteiger charge is 2.32. The molecule has 0 spiro atoms. The molecule has 1 aliphatic carbocycles. The quantitative estimate of drug-likeness (QED) is 0.683. The van der Waals surface area contributed by atoms with E-state index < -0.39 is 10.7 Å². The summed E-state index contributed by atoms with van der Waals surface area (Å²) in [4.78, 5) is 10.2. The summed E-state index contributed by atoms with van der Waals surface area (Å²) in [6.07, 6.45) is 1.14. The summed E-state index contributed by atoms with van der Waals surface area (Å²) in [7, 11) is 0. The van der Waals surface area contributed by atoms with E-state index >= 15 is 0 Å². The second kappa shape index (κ2) is 4.60. The van der Waals surface area contributed by atoms with Crippen molar-refractivity contribution in [3.63, 3.8) is 0 Å². The Hall–Kier alpha value is -1.17. The highest BCUT2D eigenvalue weighted by atomic mass is 79.9. The number of benzene rings is 1. The average molecular weight is 303 g/mol. The number of nitrogens with one attached hydrogen (secondary N) is 1. The standard InChI is InChI=1S/C11H12BrFN2O2/c1-6-2-7(6)5-14-10-3-8(12)9(13)4-11(10)15(16)17/h3-4,6-7,14H,2,5H2,1H3. The van der Waals surface area contributed by atoms with E-state index in [1.54, 1.807) is 0 Å². The van der Waals surface area contributed by atoms with Gasteiger partial charge in [0, 0.05) is 6.54 Å². The van der Waals surface area contributed by atoms with Crippen molar-refractivity contribution in [2.75, 3.05) is 11.9 Å². The van der Waals surface area contributed by atoms with Crippen molar-refractivity contribution in [1.29, 1.82) is 0 Å². The molecule has 6 heteroatoms. The molecule has 0 amide bonds. The summed E-state index contributed by atoms with van der Waals surface area (Å²) in [6.45, 7) is 2.83. The van der Waals surface area contributed by atoms with E-state index in [4.69, 9.17) is 0 Å². The lowest BCUT2D eigenvalue weighted by atomic mass is 10.2. The van der Waals surface area contributed by atoms with Gasteiger partial charge >= 0.3 is 0 Å². The molecule has 1 aromatic carbocycles. The number of anilines is 1. The fraction of sp³-hybridized carbons (Fsp3) is 0.455. The fourth-order valence-electron chi connectivity index (χ4n) is 1.75. The normalized spacial score (nSPS) is 22.3. The molecule has 0 heterocycles. The van der Waals surface area contributed by atoms with Crippen molar-refractivity contribution < 1.29 is 9.31 Å². The van der Waals surface area contributed by atoms with Crippen LogP contribution in [0.1, 0.15) is 13.3 Å². The monoisotopic (exact) mass is 302 g/mol. The molecule has 4 nitrogen and oxygen atoms in total. The van der Waals surface area contributed by atoms with Gasteiger partial charge in [0.25, 0.3) is 5.69 Å². The Labute approximate surface area is 106 Å². The maximum atomic E-state index is 13.2. The van der Waals surface area contributed by atoms with Crippen LogP contribution in [0.2, 0.25) is 0 Å². The first-order valence-electron chi connectivity index (χ1n) is 5.36. The van der Waals surface area contributed by atoms with Gasteiger partial charge in [0.2, 0.25) is 0 Å². The van der Waals surface area contributed by atoms with Gasteiger partial charge in [0.15, 0.2) is 0 Å². The maximum absolute atomic E-state index is 13.2. The van der Waals surface area contributed by atoms with Gasteiger partial charge in [0.05, 0.1) is 15.5 Å². The third-order valence-corrected chi connectivity index (χ3v) is 3.67. The Morgan fingerprint density at radius 2 is 2.29 bits per heavy atom. The van der Waals surface area contributed by atoms with E-state index in [9.17, 15) is 14.5 Å². The Balaban J connectivity index is 2.18. The minimum Gasteiger partial charge on any atom is -0.379 e. The van der Waals surface area contributed by atoms with Crippen molar-refractivity contribution in [2.24, 2.45) is 11.8 Å². The smallest absolute Gasteiger partial charge is 0.295 e. The molecule has 2 rings (SSSR count). The van der Waals surface area contributed by atoms with E-state index in [-0.39, 0.29) is 10.2 Å². The van der Waals surface area contributed by atoms with Gasteiger partial charge in [-0.15, -0.1) is 0 Å².